The summed E-state index contributed by atoms with van der Waals surface area (Å²) in [5.74, 6) is -0.205. The fourth-order valence-electron chi connectivity index (χ4n) is 3.50. The van der Waals surface area contributed by atoms with Crippen LogP contribution >= 0.6 is 0 Å². The van der Waals surface area contributed by atoms with E-state index in [9.17, 15) is 4.79 Å². The van der Waals surface area contributed by atoms with Gasteiger partial charge in [-0.3, -0.25) is 0 Å². The third-order valence-electron chi connectivity index (χ3n) is 5.02. The Balaban J connectivity index is 2.24. The summed E-state index contributed by atoms with van der Waals surface area (Å²) in [6, 6.07) is 20.2. The molecule has 1 heterocycles. The Hall–Kier alpha value is -3.65. The quantitative estimate of drug-likeness (QED) is 0.406. The lowest BCUT2D eigenvalue weighted by atomic mass is 9.81. The Morgan fingerprint density at radius 3 is 1.82 bits per heavy atom. The maximum absolute atomic E-state index is 13.2. The van der Waals surface area contributed by atoms with E-state index in [2.05, 4.69) is 9.97 Å². The van der Waals surface area contributed by atoms with Gasteiger partial charge in [0.1, 0.15) is 0 Å². The number of hydrogen-bond acceptors (Lipinski definition) is 8. The smallest absolute Gasteiger partial charge is 0.351 e. The van der Waals surface area contributed by atoms with Crippen molar-refractivity contribution in [2.24, 2.45) is 0 Å². The lowest BCUT2D eigenvalue weighted by molar-refractivity contribution is -0.167. The summed E-state index contributed by atoms with van der Waals surface area (Å²) in [5, 5.41) is 0. The Kier molecular flexibility index (Phi) is 8.21. The summed E-state index contributed by atoms with van der Waals surface area (Å²) in [6.07, 6.45) is -0.561. The molecule has 174 valence electrons. The SMILES string of the molecule is CCCOC(c1ccccc1)(c1ccccc1)C(Oc1nc(OC)cc(OC)n1)C(=O)OC. The van der Waals surface area contributed by atoms with E-state index in [-0.39, 0.29) is 17.8 Å². The number of carbonyl (C=O) groups excluding carboxylic acids is 1. The molecule has 3 aromatic rings. The number of methoxy groups -OCH3 is 3. The lowest BCUT2D eigenvalue weighted by Gasteiger charge is -2.39. The van der Waals surface area contributed by atoms with Gasteiger partial charge in [0.15, 0.2) is 5.60 Å². The molecule has 8 nitrogen and oxygen atoms in total. The number of nitrogens with zero attached hydrogens (tertiary/aromatic N) is 2. The minimum Gasteiger partial charge on any atom is -0.481 e. The molecule has 1 atom stereocenters. The average molecular weight is 453 g/mol. The van der Waals surface area contributed by atoms with Gasteiger partial charge in [-0.25, -0.2) is 4.79 Å². The molecule has 0 aliphatic heterocycles. The molecule has 0 N–H and O–H groups in total. The van der Waals surface area contributed by atoms with Crippen LogP contribution in [0.4, 0.5) is 0 Å². The van der Waals surface area contributed by atoms with Gasteiger partial charge in [-0.05, 0) is 17.5 Å². The highest BCUT2D eigenvalue weighted by atomic mass is 16.6. The van der Waals surface area contributed by atoms with Crippen LogP contribution in [0, 0.1) is 0 Å². The zero-order valence-electron chi connectivity index (χ0n) is 19.2. The normalized spacial score (nSPS) is 12.0. The van der Waals surface area contributed by atoms with Crippen LogP contribution in [-0.4, -0.2) is 50.0 Å². The highest BCUT2D eigenvalue weighted by molar-refractivity contribution is 5.78. The first-order chi connectivity index (χ1) is 16.1. The number of aromatic nitrogens is 2. The van der Waals surface area contributed by atoms with Gasteiger partial charge < -0.3 is 23.7 Å². The van der Waals surface area contributed by atoms with Gasteiger partial charge in [0, 0.05) is 6.61 Å². The molecule has 33 heavy (non-hydrogen) atoms. The van der Waals surface area contributed by atoms with Crippen molar-refractivity contribution in [3.05, 3.63) is 77.9 Å². The van der Waals surface area contributed by atoms with Gasteiger partial charge in [0.05, 0.1) is 27.4 Å². The van der Waals surface area contributed by atoms with E-state index < -0.39 is 17.7 Å². The molecule has 2 aromatic carbocycles. The Labute approximate surface area is 193 Å². The first-order valence-corrected chi connectivity index (χ1v) is 10.6. The van der Waals surface area contributed by atoms with Crippen LogP contribution < -0.4 is 14.2 Å². The number of ether oxygens (including phenoxy) is 5. The Bertz CT molecular complexity index is 968. The molecule has 1 unspecified atom stereocenters. The number of hydrogen-bond donors (Lipinski definition) is 0. The van der Waals surface area contributed by atoms with Gasteiger partial charge >= 0.3 is 12.0 Å². The minimum atomic E-state index is -1.34. The summed E-state index contributed by atoms with van der Waals surface area (Å²) in [4.78, 5) is 21.7. The molecule has 0 saturated carbocycles. The van der Waals surface area contributed by atoms with E-state index in [1.165, 1.54) is 27.4 Å². The maximum atomic E-state index is 13.2. The Morgan fingerprint density at radius 2 is 1.39 bits per heavy atom. The van der Waals surface area contributed by atoms with Crippen molar-refractivity contribution in [3.8, 4) is 17.8 Å². The molecular weight excluding hydrogens is 424 g/mol. The van der Waals surface area contributed by atoms with Crippen LogP contribution in [0.1, 0.15) is 24.5 Å². The van der Waals surface area contributed by atoms with Crippen molar-refractivity contribution in [1.29, 1.82) is 0 Å². The number of rotatable bonds is 11. The van der Waals surface area contributed by atoms with E-state index >= 15 is 0 Å². The number of benzene rings is 2. The minimum absolute atomic E-state index is 0.113. The largest absolute Gasteiger partial charge is 0.481 e. The van der Waals surface area contributed by atoms with Crippen LogP contribution in [0.15, 0.2) is 66.7 Å². The van der Waals surface area contributed by atoms with Gasteiger partial charge in [-0.15, -0.1) is 0 Å². The van der Waals surface area contributed by atoms with Crippen molar-refractivity contribution in [1.82, 2.24) is 9.97 Å². The van der Waals surface area contributed by atoms with E-state index in [1.54, 1.807) is 0 Å². The van der Waals surface area contributed by atoms with Gasteiger partial charge in [-0.1, -0.05) is 67.6 Å². The summed E-state index contributed by atoms with van der Waals surface area (Å²) in [5.41, 5.74) is 0.0931. The zero-order chi connectivity index (χ0) is 23.7. The lowest BCUT2D eigenvalue weighted by Crippen LogP contribution is -2.52. The topological polar surface area (TPSA) is 89.0 Å². The van der Waals surface area contributed by atoms with Crippen LogP contribution in [0.3, 0.4) is 0 Å². The number of esters is 1. The second-order valence-electron chi connectivity index (χ2n) is 7.07. The van der Waals surface area contributed by atoms with E-state index in [0.717, 1.165) is 17.5 Å². The third kappa shape index (κ3) is 5.23. The first-order valence-electron chi connectivity index (χ1n) is 10.6. The second-order valence-corrected chi connectivity index (χ2v) is 7.07. The fourth-order valence-corrected chi connectivity index (χ4v) is 3.50. The summed E-state index contributed by atoms with van der Waals surface area (Å²) in [7, 11) is 4.23. The predicted octanol–water partition coefficient (Wildman–Crippen LogP) is 3.78. The molecule has 0 amide bonds. The highest BCUT2D eigenvalue weighted by Crippen LogP contribution is 2.40. The predicted molar refractivity (Wildman–Crippen MR) is 121 cm³/mol. The number of carbonyl (C=O) groups is 1. The monoisotopic (exact) mass is 452 g/mol. The Morgan fingerprint density at radius 1 is 0.879 bits per heavy atom. The van der Waals surface area contributed by atoms with Gasteiger partial charge in [0.25, 0.3) is 0 Å². The molecule has 8 heteroatoms. The molecule has 1 aromatic heterocycles. The molecule has 0 aliphatic rings. The summed E-state index contributed by atoms with van der Waals surface area (Å²) in [6.45, 7) is 2.35. The third-order valence-corrected chi connectivity index (χ3v) is 5.02. The van der Waals surface area contributed by atoms with Crippen molar-refractivity contribution < 1.29 is 28.5 Å². The maximum Gasteiger partial charge on any atom is 0.351 e. The molecule has 3 rings (SSSR count). The van der Waals surface area contributed by atoms with E-state index in [1.807, 2.05) is 67.6 Å². The first kappa shape index (κ1) is 24.0. The van der Waals surface area contributed by atoms with Crippen molar-refractivity contribution >= 4 is 5.97 Å². The molecule has 0 aliphatic carbocycles. The van der Waals surface area contributed by atoms with Crippen LogP contribution in [0.5, 0.6) is 17.8 Å². The molecular formula is C25H28N2O6. The highest BCUT2D eigenvalue weighted by Gasteiger charge is 2.50. The molecule has 0 bridgehead atoms. The molecule has 0 spiro atoms. The fraction of sp³-hybridized carbons (Fsp3) is 0.320. The van der Waals surface area contributed by atoms with Gasteiger partial charge in [-0.2, -0.15) is 9.97 Å². The average Bonchev–Trinajstić information content (AvgIpc) is 2.88. The van der Waals surface area contributed by atoms with Crippen LogP contribution in [0.25, 0.3) is 0 Å². The zero-order valence-corrected chi connectivity index (χ0v) is 19.2. The standard InChI is InChI=1S/C25H28N2O6/c1-5-16-32-25(18-12-8-6-9-13-18,19-14-10-7-11-15-19)22(23(28)31-4)33-24-26-20(29-2)17-21(27-24)30-3/h6-15,17,22H,5,16H2,1-4H3. The van der Waals surface area contributed by atoms with Crippen molar-refractivity contribution in [2.75, 3.05) is 27.9 Å². The second kappa shape index (κ2) is 11.3. The summed E-state index contributed by atoms with van der Waals surface area (Å²) < 4.78 is 28.2. The van der Waals surface area contributed by atoms with E-state index in [4.69, 9.17) is 23.7 Å². The van der Waals surface area contributed by atoms with E-state index in [0.29, 0.717) is 6.61 Å². The molecule has 0 radical (unpaired) electrons. The molecule has 0 saturated heterocycles. The molecule has 0 fully saturated rings. The van der Waals surface area contributed by atoms with Crippen LogP contribution in [-0.2, 0) is 19.9 Å². The van der Waals surface area contributed by atoms with Crippen molar-refractivity contribution in [2.45, 2.75) is 25.0 Å². The van der Waals surface area contributed by atoms with Gasteiger partial charge in [0.2, 0.25) is 17.9 Å². The summed E-state index contributed by atoms with van der Waals surface area (Å²) >= 11 is 0. The van der Waals surface area contributed by atoms with Crippen LogP contribution in [0.2, 0.25) is 0 Å². The van der Waals surface area contributed by atoms with Crippen molar-refractivity contribution in [3.63, 3.8) is 0 Å².